The average Bonchev–Trinajstić information content (AvgIpc) is 3.37. The van der Waals surface area contributed by atoms with E-state index in [1.807, 2.05) is 31.2 Å². The summed E-state index contributed by atoms with van der Waals surface area (Å²) in [7, 11) is 0. The maximum absolute atomic E-state index is 13.5. The molecule has 378 valence electrons. The van der Waals surface area contributed by atoms with E-state index in [-0.39, 0.29) is 11.4 Å². The molecule has 6 aromatic carbocycles. The van der Waals surface area contributed by atoms with Crippen LogP contribution >= 0.6 is 0 Å². The molecular weight excluding hydrogens is 913 g/mol. The molecule has 1 aliphatic rings. The zero-order chi connectivity index (χ0) is 50.7. The number of ether oxygens (including phenoxy) is 8. The minimum absolute atomic E-state index is 0.231. The van der Waals surface area contributed by atoms with Crippen molar-refractivity contribution in [2.75, 3.05) is 46.2 Å². The van der Waals surface area contributed by atoms with Crippen LogP contribution in [0.1, 0.15) is 122 Å². The van der Waals surface area contributed by atoms with E-state index in [0.29, 0.717) is 71.5 Å². The van der Waals surface area contributed by atoms with Gasteiger partial charge in [0.15, 0.2) is 0 Å². The summed E-state index contributed by atoms with van der Waals surface area (Å²) in [6, 6.07) is 33.5. The van der Waals surface area contributed by atoms with Gasteiger partial charge in [-0.3, -0.25) is 0 Å². The number of carbonyl (C=O) groups is 4. The summed E-state index contributed by atoms with van der Waals surface area (Å²) in [4.78, 5) is 51.3. The largest absolute Gasteiger partial charge is 0.494 e. The Labute approximate surface area is 422 Å². The van der Waals surface area contributed by atoms with Crippen LogP contribution in [-0.2, 0) is 25.4 Å². The summed E-state index contributed by atoms with van der Waals surface area (Å²) in [6.07, 6.45) is 10.1. The summed E-state index contributed by atoms with van der Waals surface area (Å²) >= 11 is 0. The summed E-state index contributed by atoms with van der Waals surface area (Å²) in [5.41, 5.74) is 2.50. The number of rotatable bonds is 28. The summed E-state index contributed by atoms with van der Waals surface area (Å²) < 4.78 is 45.7. The molecule has 0 bridgehead atoms. The second-order valence-electron chi connectivity index (χ2n) is 18.5. The van der Waals surface area contributed by atoms with Crippen molar-refractivity contribution in [3.05, 3.63) is 150 Å². The third-order valence-electron chi connectivity index (χ3n) is 12.7. The van der Waals surface area contributed by atoms with Crippen molar-refractivity contribution in [2.24, 2.45) is 5.41 Å². The first-order valence-corrected chi connectivity index (χ1v) is 25.2. The lowest BCUT2D eigenvalue weighted by atomic mass is 9.84. The van der Waals surface area contributed by atoms with E-state index in [4.69, 9.17) is 37.9 Å². The van der Waals surface area contributed by atoms with Crippen molar-refractivity contribution >= 4 is 45.4 Å². The highest BCUT2D eigenvalue weighted by molar-refractivity contribution is 5.98. The minimum Gasteiger partial charge on any atom is -0.494 e. The van der Waals surface area contributed by atoms with Crippen LogP contribution in [-0.4, -0.2) is 70.1 Å². The van der Waals surface area contributed by atoms with Gasteiger partial charge in [0.1, 0.15) is 28.7 Å². The van der Waals surface area contributed by atoms with Crippen molar-refractivity contribution in [3.8, 4) is 28.7 Å². The molecule has 0 aliphatic carbocycles. The van der Waals surface area contributed by atoms with Crippen LogP contribution in [0.4, 0.5) is 0 Å². The molecule has 0 unspecified atom stereocenters. The van der Waals surface area contributed by atoms with Gasteiger partial charge < -0.3 is 37.9 Å². The maximum atomic E-state index is 13.5. The lowest BCUT2D eigenvalue weighted by Gasteiger charge is -2.40. The lowest BCUT2D eigenvalue weighted by Crippen LogP contribution is -2.45. The van der Waals surface area contributed by atoms with Gasteiger partial charge in [-0.05, 0) is 183 Å². The Morgan fingerprint density at radius 3 is 1.61 bits per heavy atom. The Kier molecular flexibility index (Phi) is 19.4. The van der Waals surface area contributed by atoms with E-state index >= 15 is 0 Å². The summed E-state index contributed by atoms with van der Waals surface area (Å²) in [6.45, 7) is 14.2. The van der Waals surface area contributed by atoms with E-state index in [2.05, 4.69) is 13.5 Å². The fourth-order valence-electron chi connectivity index (χ4n) is 8.17. The number of aryl methyl sites for hydroxylation is 1. The molecule has 0 spiro atoms. The third-order valence-corrected chi connectivity index (χ3v) is 12.7. The molecule has 6 aromatic rings. The number of unbranched alkanes of at least 4 members (excludes halogenated alkanes) is 6. The molecule has 0 aromatic heterocycles. The van der Waals surface area contributed by atoms with Crippen molar-refractivity contribution < 1.29 is 57.1 Å². The standard InChI is InChI=1S/C60H66O12/c1-5-15-48-38-54(71-58(63)49-18-16-46-36-52(26-22-44(46)34-49)68-32-13-9-10-14-33-69-56(61)42(3)4)28-29-55(48)72-59(64)50-19-17-47-37-53(27-23-45(47)35-50)70-57(62)43-20-24-51(25-21-43)67-31-12-8-7-11-30-65-39-60(6-2)40-66-41-60/h16-29,34-38H,3,5-15,30-33,39-41H2,1-2,4H3. The van der Waals surface area contributed by atoms with Gasteiger partial charge in [0, 0.05) is 17.6 Å². The fraction of sp³-hybridized carbons (Fsp3) is 0.367. The Morgan fingerprint density at radius 2 is 1.01 bits per heavy atom. The lowest BCUT2D eigenvalue weighted by molar-refractivity contribution is -0.150. The van der Waals surface area contributed by atoms with Gasteiger partial charge in [-0.1, -0.05) is 57.5 Å². The molecule has 1 aliphatic heterocycles. The van der Waals surface area contributed by atoms with E-state index in [0.717, 1.165) is 123 Å². The van der Waals surface area contributed by atoms with Crippen molar-refractivity contribution in [2.45, 2.75) is 91.4 Å². The molecule has 0 amide bonds. The average molecular weight is 979 g/mol. The zero-order valence-electron chi connectivity index (χ0n) is 41.8. The van der Waals surface area contributed by atoms with E-state index in [9.17, 15) is 19.2 Å². The number of hydrogen-bond donors (Lipinski definition) is 0. The van der Waals surface area contributed by atoms with E-state index in [1.165, 1.54) is 0 Å². The molecule has 12 heteroatoms. The van der Waals surface area contributed by atoms with E-state index < -0.39 is 17.9 Å². The van der Waals surface area contributed by atoms with Crippen molar-refractivity contribution in [1.29, 1.82) is 0 Å². The Hall–Kier alpha value is -7.02. The van der Waals surface area contributed by atoms with Crippen LogP contribution in [0.25, 0.3) is 21.5 Å². The molecule has 12 nitrogen and oxygen atoms in total. The van der Waals surface area contributed by atoms with Gasteiger partial charge >= 0.3 is 23.9 Å². The molecule has 72 heavy (non-hydrogen) atoms. The molecule has 7 rings (SSSR count). The highest BCUT2D eigenvalue weighted by Crippen LogP contribution is 2.32. The van der Waals surface area contributed by atoms with Crippen LogP contribution < -0.4 is 23.7 Å². The first-order valence-electron chi connectivity index (χ1n) is 25.2. The van der Waals surface area contributed by atoms with Crippen LogP contribution in [0.5, 0.6) is 28.7 Å². The Balaban J connectivity index is 0.841. The van der Waals surface area contributed by atoms with Gasteiger partial charge in [-0.25, -0.2) is 19.2 Å². The molecule has 0 saturated carbocycles. The molecule has 1 fully saturated rings. The number of carbonyl (C=O) groups excluding carboxylic acids is 4. The van der Waals surface area contributed by atoms with Gasteiger partial charge in [0.2, 0.25) is 0 Å². The Morgan fingerprint density at radius 1 is 0.528 bits per heavy atom. The predicted octanol–water partition coefficient (Wildman–Crippen LogP) is 13.0. The topological polar surface area (TPSA) is 142 Å². The molecule has 0 atom stereocenters. The Bertz CT molecular complexity index is 2800. The minimum atomic E-state index is -0.538. The van der Waals surface area contributed by atoms with Gasteiger partial charge in [-0.15, -0.1) is 0 Å². The van der Waals surface area contributed by atoms with E-state index in [1.54, 1.807) is 97.9 Å². The van der Waals surface area contributed by atoms with Crippen LogP contribution in [0, 0.1) is 5.41 Å². The smallest absolute Gasteiger partial charge is 0.343 e. The highest BCUT2D eigenvalue weighted by atomic mass is 16.6. The van der Waals surface area contributed by atoms with Crippen LogP contribution in [0.15, 0.2) is 127 Å². The molecule has 1 saturated heterocycles. The first-order chi connectivity index (χ1) is 35.0. The first kappa shape index (κ1) is 52.8. The second-order valence-corrected chi connectivity index (χ2v) is 18.5. The predicted molar refractivity (Wildman–Crippen MR) is 278 cm³/mol. The second kappa shape index (κ2) is 26.4. The number of benzene rings is 6. The molecule has 1 heterocycles. The number of esters is 4. The SMILES string of the molecule is C=C(C)C(=O)OCCCCCCOc1ccc2cc(C(=O)Oc3ccc(OC(=O)c4ccc5cc(OC(=O)c6ccc(OCCCCCCOCC7(CC)COC7)cc6)ccc5c4)c(CCC)c3)ccc2c1. The monoisotopic (exact) mass is 978 g/mol. The van der Waals surface area contributed by atoms with Gasteiger partial charge in [-0.2, -0.15) is 0 Å². The van der Waals surface area contributed by atoms with Gasteiger partial charge in [0.05, 0.1) is 56.3 Å². The third kappa shape index (κ3) is 15.2. The highest BCUT2D eigenvalue weighted by Gasteiger charge is 2.36. The molecule has 0 radical (unpaired) electrons. The summed E-state index contributed by atoms with van der Waals surface area (Å²) in [5, 5.41) is 3.34. The molecule has 0 N–H and O–H groups in total. The quantitative estimate of drug-likeness (QED) is 0.0200. The van der Waals surface area contributed by atoms with Crippen LogP contribution in [0.2, 0.25) is 0 Å². The van der Waals surface area contributed by atoms with Crippen LogP contribution in [0.3, 0.4) is 0 Å². The normalized spacial score (nSPS) is 12.7. The number of fused-ring (bicyclic) bond motifs is 2. The zero-order valence-corrected chi connectivity index (χ0v) is 41.8. The molecular formula is C60H66O12. The van der Waals surface area contributed by atoms with Crippen molar-refractivity contribution in [1.82, 2.24) is 0 Å². The maximum Gasteiger partial charge on any atom is 0.343 e. The fourth-order valence-corrected chi connectivity index (χ4v) is 8.17. The number of hydrogen-bond acceptors (Lipinski definition) is 12. The van der Waals surface area contributed by atoms with Crippen molar-refractivity contribution in [3.63, 3.8) is 0 Å². The summed E-state index contributed by atoms with van der Waals surface area (Å²) in [5.74, 6) is 0.630. The van der Waals surface area contributed by atoms with Gasteiger partial charge in [0.25, 0.3) is 0 Å².